The summed E-state index contributed by atoms with van der Waals surface area (Å²) in [6.07, 6.45) is 9.23. The summed E-state index contributed by atoms with van der Waals surface area (Å²) in [5.41, 5.74) is 8.57. The molecule has 0 fully saturated rings. The molecule has 0 atom stereocenters. The number of nitrogens with two attached hydrogens (primary N) is 1. The summed E-state index contributed by atoms with van der Waals surface area (Å²) in [6.45, 7) is 5.62. The predicted molar refractivity (Wildman–Crippen MR) is 83.2 cm³/mol. The first-order chi connectivity index (χ1) is 10.1. The zero-order valence-corrected chi connectivity index (χ0v) is 11.8. The molecular weight excluding hydrogens is 267 g/mol. The Kier molecular flexibility index (Phi) is 4.33. The summed E-state index contributed by atoms with van der Waals surface area (Å²) >= 11 is 0. The maximum absolute atomic E-state index is 13.4. The van der Waals surface area contributed by atoms with Crippen LogP contribution in [-0.2, 0) is 0 Å². The molecule has 0 aliphatic carbocycles. The lowest BCUT2D eigenvalue weighted by Crippen LogP contribution is -2.27. The Bertz CT molecular complexity index is 671. The van der Waals surface area contributed by atoms with Crippen molar-refractivity contribution < 1.29 is 4.39 Å². The average Bonchev–Trinajstić information content (AvgIpc) is 2.47. The van der Waals surface area contributed by atoms with Crippen molar-refractivity contribution in [2.75, 3.05) is 6.54 Å². The molecule has 0 radical (unpaired) electrons. The van der Waals surface area contributed by atoms with Crippen molar-refractivity contribution in [3.63, 3.8) is 0 Å². The molecule has 1 aromatic heterocycles. The molecule has 2 rings (SSSR count). The molecule has 0 aromatic carbocycles. The Labute approximate surface area is 123 Å². The van der Waals surface area contributed by atoms with Crippen LogP contribution in [0.2, 0.25) is 0 Å². The molecule has 0 spiro atoms. The van der Waals surface area contributed by atoms with E-state index in [4.69, 9.17) is 11.1 Å². The molecule has 21 heavy (non-hydrogen) atoms. The number of pyridine rings is 1. The second-order valence-electron chi connectivity index (χ2n) is 4.64. The molecule has 3 N–H and O–H groups in total. The molecule has 1 aliphatic heterocycles. The van der Waals surface area contributed by atoms with E-state index in [2.05, 4.69) is 11.6 Å². The number of nitrogens with one attached hydrogen (secondary N) is 1. The molecule has 108 valence electrons. The van der Waals surface area contributed by atoms with Gasteiger partial charge >= 0.3 is 0 Å². The molecule has 0 unspecified atom stereocenters. The van der Waals surface area contributed by atoms with E-state index in [1.54, 1.807) is 29.4 Å². The minimum Gasteiger partial charge on any atom is -0.403 e. The van der Waals surface area contributed by atoms with Gasteiger partial charge in [0.1, 0.15) is 5.83 Å². The van der Waals surface area contributed by atoms with Gasteiger partial charge < -0.3 is 10.6 Å². The monoisotopic (exact) mass is 284 g/mol. The first-order valence-electron chi connectivity index (χ1n) is 6.46. The summed E-state index contributed by atoms with van der Waals surface area (Å²) < 4.78 is 13.4. The van der Waals surface area contributed by atoms with Crippen LogP contribution in [0.1, 0.15) is 16.8 Å². The van der Waals surface area contributed by atoms with E-state index in [9.17, 15) is 4.39 Å². The summed E-state index contributed by atoms with van der Waals surface area (Å²) in [7, 11) is 0. The molecule has 0 bridgehead atoms. The highest BCUT2D eigenvalue weighted by molar-refractivity contribution is 6.11. The van der Waals surface area contributed by atoms with Gasteiger partial charge in [-0.3, -0.25) is 10.4 Å². The van der Waals surface area contributed by atoms with Gasteiger partial charge in [-0.25, -0.2) is 4.39 Å². The molecule has 0 amide bonds. The molecule has 4 nitrogen and oxygen atoms in total. The van der Waals surface area contributed by atoms with Crippen LogP contribution < -0.4 is 5.73 Å². The SMILES string of the molecule is C=Cc1cc(C)c(C(=N)/C(=C/N)N2C=CC=C(F)C2)cn1. The van der Waals surface area contributed by atoms with Crippen molar-refractivity contribution in [1.29, 1.82) is 5.41 Å². The van der Waals surface area contributed by atoms with Gasteiger partial charge in [-0.2, -0.15) is 0 Å². The molecule has 1 aliphatic rings. The molecule has 0 saturated heterocycles. The van der Waals surface area contributed by atoms with Gasteiger partial charge in [0.15, 0.2) is 0 Å². The third-order valence-electron chi connectivity index (χ3n) is 3.20. The van der Waals surface area contributed by atoms with Crippen LogP contribution in [0, 0.1) is 12.3 Å². The third-order valence-corrected chi connectivity index (χ3v) is 3.20. The van der Waals surface area contributed by atoms with Gasteiger partial charge in [0.2, 0.25) is 0 Å². The average molecular weight is 284 g/mol. The predicted octanol–water partition coefficient (Wildman–Crippen LogP) is 2.88. The lowest BCUT2D eigenvalue weighted by Gasteiger charge is -2.25. The molecule has 0 saturated carbocycles. The largest absolute Gasteiger partial charge is 0.403 e. The van der Waals surface area contributed by atoms with E-state index < -0.39 is 0 Å². The highest BCUT2D eigenvalue weighted by atomic mass is 19.1. The van der Waals surface area contributed by atoms with Crippen molar-refractivity contribution in [1.82, 2.24) is 9.88 Å². The first-order valence-corrected chi connectivity index (χ1v) is 6.46. The summed E-state index contributed by atoms with van der Waals surface area (Å²) in [6, 6.07) is 1.84. The van der Waals surface area contributed by atoms with Crippen molar-refractivity contribution >= 4 is 11.8 Å². The molecular formula is C16H17FN4. The van der Waals surface area contributed by atoms with E-state index in [0.29, 0.717) is 11.3 Å². The zero-order valence-electron chi connectivity index (χ0n) is 11.8. The van der Waals surface area contributed by atoms with Crippen LogP contribution in [0.5, 0.6) is 0 Å². The highest BCUT2D eigenvalue weighted by Crippen LogP contribution is 2.20. The smallest absolute Gasteiger partial charge is 0.120 e. The van der Waals surface area contributed by atoms with Crippen LogP contribution in [0.3, 0.4) is 0 Å². The fourth-order valence-corrected chi connectivity index (χ4v) is 2.10. The number of rotatable bonds is 4. The Balaban J connectivity index is 2.32. The van der Waals surface area contributed by atoms with Crippen molar-refractivity contribution in [3.05, 3.63) is 71.7 Å². The summed E-state index contributed by atoms with van der Waals surface area (Å²) in [5, 5.41) is 8.33. The maximum Gasteiger partial charge on any atom is 0.120 e. The zero-order chi connectivity index (χ0) is 15.4. The maximum atomic E-state index is 13.4. The van der Waals surface area contributed by atoms with Gasteiger partial charge in [0.25, 0.3) is 0 Å². The minimum atomic E-state index is -0.276. The minimum absolute atomic E-state index is 0.0686. The van der Waals surface area contributed by atoms with Crippen molar-refractivity contribution in [3.8, 4) is 0 Å². The van der Waals surface area contributed by atoms with Gasteiger partial charge in [-0.1, -0.05) is 6.58 Å². The van der Waals surface area contributed by atoms with E-state index >= 15 is 0 Å². The lowest BCUT2D eigenvalue weighted by atomic mass is 10.0. The highest BCUT2D eigenvalue weighted by Gasteiger charge is 2.18. The lowest BCUT2D eigenvalue weighted by molar-refractivity contribution is 0.451. The number of hydrogen-bond donors (Lipinski definition) is 2. The first kappa shape index (κ1) is 14.7. The normalized spacial score (nSPS) is 14.9. The van der Waals surface area contributed by atoms with E-state index in [-0.39, 0.29) is 18.1 Å². The van der Waals surface area contributed by atoms with Gasteiger partial charge in [0, 0.05) is 24.2 Å². The molecule has 2 heterocycles. The number of nitrogens with zero attached hydrogens (tertiary/aromatic N) is 2. The summed E-state index contributed by atoms with van der Waals surface area (Å²) in [4.78, 5) is 5.80. The van der Waals surface area contributed by atoms with Crippen LogP contribution in [0.25, 0.3) is 6.08 Å². The second-order valence-corrected chi connectivity index (χ2v) is 4.64. The molecule has 5 heteroatoms. The quantitative estimate of drug-likeness (QED) is 0.835. The van der Waals surface area contributed by atoms with E-state index in [1.165, 1.54) is 12.3 Å². The standard InChI is InChI=1S/C16H17FN4/c1-3-13-7-11(2)14(9-20-13)16(19)15(8-18)21-6-4-5-12(17)10-21/h3-9,19H,1,10,18H2,2H3/b15-8-,19-16?. The molecule has 1 aromatic rings. The number of aryl methyl sites for hydroxylation is 1. The van der Waals surface area contributed by atoms with E-state index in [1.807, 2.05) is 13.0 Å². The fourth-order valence-electron chi connectivity index (χ4n) is 2.10. The van der Waals surface area contributed by atoms with Crippen LogP contribution in [0.4, 0.5) is 4.39 Å². The summed E-state index contributed by atoms with van der Waals surface area (Å²) in [5.74, 6) is -0.276. The van der Waals surface area contributed by atoms with Crippen molar-refractivity contribution in [2.24, 2.45) is 5.73 Å². The van der Waals surface area contributed by atoms with Gasteiger partial charge in [-0.15, -0.1) is 0 Å². The van der Waals surface area contributed by atoms with Crippen LogP contribution in [-0.4, -0.2) is 22.1 Å². The number of hydrogen-bond acceptors (Lipinski definition) is 4. The topological polar surface area (TPSA) is 66.0 Å². The number of allylic oxidation sites excluding steroid dienone is 3. The Hall–Kier alpha value is -2.69. The van der Waals surface area contributed by atoms with Crippen LogP contribution >= 0.6 is 0 Å². The van der Waals surface area contributed by atoms with Crippen molar-refractivity contribution in [2.45, 2.75) is 6.92 Å². The fraction of sp³-hybridized carbons (Fsp3) is 0.125. The van der Waals surface area contributed by atoms with Crippen LogP contribution in [0.15, 0.2) is 54.9 Å². The Morgan fingerprint density at radius 1 is 1.57 bits per heavy atom. The Morgan fingerprint density at radius 2 is 2.33 bits per heavy atom. The Morgan fingerprint density at radius 3 is 2.90 bits per heavy atom. The van der Waals surface area contributed by atoms with Gasteiger partial charge in [-0.05, 0) is 36.8 Å². The third kappa shape index (κ3) is 3.08. The van der Waals surface area contributed by atoms with E-state index in [0.717, 1.165) is 11.3 Å². The number of aromatic nitrogens is 1. The van der Waals surface area contributed by atoms with Gasteiger partial charge in [0.05, 0.1) is 23.6 Å². The second kappa shape index (κ2) is 6.17. The number of halogens is 1.